The van der Waals surface area contributed by atoms with Crippen LogP contribution in [0.25, 0.3) is 0 Å². The summed E-state index contributed by atoms with van der Waals surface area (Å²) in [4.78, 5) is 12.7. The number of nitrogens with zero attached hydrogens (tertiary/aromatic N) is 2. The predicted octanol–water partition coefficient (Wildman–Crippen LogP) is 1.95. The molecule has 0 aromatic heterocycles. The molecule has 0 fully saturated rings. The van der Waals surface area contributed by atoms with Crippen LogP contribution in [-0.2, 0) is 6.42 Å². The highest BCUT2D eigenvalue weighted by Crippen LogP contribution is 2.33. The van der Waals surface area contributed by atoms with E-state index >= 15 is 0 Å². The van der Waals surface area contributed by atoms with Crippen molar-refractivity contribution in [3.8, 4) is 0 Å². The number of nitrogen functional groups attached to an aromatic ring is 2. The lowest BCUT2D eigenvalue weighted by molar-refractivity contribution is -0.383. The Morgan fingerprint density at radius 1 is 1.26 bits per heavy atom. The third kappa shape index (κ3) is 3.35. The summed E-state index contributed by atoms with van der Waals surface area (Å²) in [7, 11) is 0. The van der Waals surface area contributed by atoms with E-state index in [1.54, 1.807) is 6.07 Å². The molecule has 6 nitrogen and oxygen atoms in total. The summed E-state index contributed by atoms with van der Waals surface area (Å²) < 4.78 is 0. The Bertz CT molecular complexity index is 470. The maximum Gasteiger partial charge on any atom is 0.294 e. The Hall–Kier alpha value is -1.82. The molecular formula is C13H22N4O2. The Balaban J connectivity index is 3.04. The predicted molar refractivity (Wildman–Crippen MR) is 78.2 cm³/mol. The lowest BCUT2D eigenvalue weighted by Crippen LogP contribution is -2.25. The van der Waals surface area contributed by atoms with Gasteiger partial charge in [-0.1, -0.05) is 13.8 Å². The number of anilines is 2. The number of rotatable bonds is 6. The number of hydrogen-bond donors (Lipinski definition) is 2. The normalized spacial score (nSPS) is 10.9. The fourth-order valence-corrected chi connectivity index (χ4v) is 2.09. The summed E-state index contributed by atoms with van der Waals surface area (Å²) in [5.41, 5.74) is 13.6. The summed E-state index contributed by atoms with van der Waals surface area (Å²) in [5, 5.41) is 10.9. The van der Waals surface area contributed by atoms with Crippen LogP contribution in [0.3, 0.4) is 0 Å². The molecule has 0 saturated carbocycles. The molecule has 0 heterocycles. The Labute approximate surface area is 113 Å². The maximum absolute atomic E-state index is 10.9. The van der Waals surface area contributed by atoms with Crippen molar-refractivity contribution in [3.63, 3.8) is 0 Å². The Morgan fingerprint density at radius 3 is 2.32 bits per heavy atom. The van der Waals surface area contributed by atoms with Crippen molar-refractivity contribution in [2.24, 2.45) is 0 Å². The van der Waals surface area contributed by atoms with Crippen molar-refractivity contribution in [1.82, 2.24) is 4.90 Å². The first-order valence-corrected chi connectivity index (χ1v) is 6.46. The van der Waals surface area contributed by atoms with Crippen molar-refractivity contribution in [2.75, 3.05) is 31.1 Å². The number of nitrogens with two attached hydrogens (primary N) is 2. The molecule has 1 aromatic rings. The molecule has 0 spiro atoms. The van der Waals surface area contributed by atoms with Crippen LogP contribution in [0.4, 0.5) is 17.1 Å². The van der Waals surface area contributed by atoms with Gasteiger partial charge >= 0.3 is 0 Å². The minimum Gasteiger partial charge on any atom is -0.397 e. The van der Waals surface area contributed by atoms with Gasteiger partial charge in [-0.3, -0.25) is 10.1 Å². The van der Waals surface area contributed by atoms with E-state index in [9.17, 15) is 10.1 Å². The van der Waals surface area contributed by atoms with Gasteiger partial charge in [0.1, 0.15) is 5.69 Å². The molecule has 0 saturated heterocycles. The second-order valence-corrected chi connectivity index (χ2v) is 4.54. The summed E-state index contributed by atoms with van der Waals surface area (Å²) in [6, 6.07) is 1.55. The smallest absolute Gasteiger partial charge is 0.294 e. The van der Waals surface area contributed by atoms with Crippen LogP contribution >= 0.6 is 0 Å². The maximum atomic E-state index is 10.9. The Kier molecular flexibility index (Phi) is 5.11. The van der Waals surface area contributed by atoms with Crippen molar-refractivity contribution in [3.05, 3.63) is 27.3 Å². The summed E-state index contributed by atoms with van der Waals surface area (Å²) >= 11 is 0. The first-order chi connectivity index (χ1) is 8.92. The SMILES string of the molecule is CCN(CC)CCc1cc([N+](=O)[O-])c(N)c(N)c1C. The molecule has 4 N–H and O–H groups in total. The van der Waals surface area contributed by atoms with Crippen LogP contribution in [0.5, 0.6) is 0 Å². The molecule has 0 atom stereocenters. The van der Waals surface area contributed by atoms with Gasteiger partial charge in [0.05, 0.1) is 10.6 Å². The van der Waals surface area contributed by atoms with Gasteiger partial charge in [0.2, 0.25) is 0 Å². The van der Waals surface area contributed by atoms with Gasteiger partial charge in [-0.25, -0.2) is 0 Å². The molecule has 0 unspecified atom stereocenters. The second-order valence-electron chi connectivity index (χ2n) is 4.54. The van der Waals surface area contributed by atoms with E-state index in [0.29, 0.717) is 5.69 Å². The lowest BCUT2D eigenvalue weighted by atomic mass is 10.0. The monoisotopic (exact) mass is 266 g/mol. The van der Waals surface area contributed by atoms with E-state index in [4.69, 9.17) is 11.5 Å². The molecule has 0 amide bonds. The molecular weight excluding hydrogens is 244 g/mol. The molecule has 0 aliphatic heterocycles. The number of benzene rings is 1. The van der Waals surface area contributed by atoms with Crippen LogP contribution < -0.4 is 11.5 Å². The minimum atomic E-state index is -0.480. The molecule has 0 aliphatic carbocycles. The number of nitro benzene ring substituents is 1. The van der Waals surface area contributed by atoms with Crippen molar-refractivity contribution in [2.45, 2.75) is 27.2 Å². The highest BCUT2D eigenvalue weighted by atomic mass is 16.6. The van der Waals surface area contributed by atoms with Gasteiger partial charge in [0.25, 0.3) is 5.69 Å². The van der Waals surface area contributed by atoms with Crippen LogP contribution in [0.2, 0.25) is 0 Å². The van der Waals surface area contributed by atoms with Gasteiger partial charge in [-0.15, -0.1) is 0 Å². The van der Waals surface area contributed by atoms with E-state index in [-0.39, 0.29) is 11.4 Å². The standard InChI is InChI=1S/C13H22N4O2/c1-4-16(5-2)7-6-10-8-11(17(18)19)13(15)12(14)9(10)3/h8H,4-7,14-15H2,1-3H3. The molecule has 0 bridgehead atoms. The molecule has 1 rings (SSSR count). The summed E-state index contributed by atoms with van der Waals surface area (Å²) in [6.45, 7) is 8.82. The van der Waals surface area contributed by atoms with Gasteiger partial charge in [0.15, 0.2) is 0 Å². The number of likely N-dealkylation sites (N-methyl/N-ethyl adjacent to an activating group) is 1. The third-order valence-electron chi connectivity index (χ3n) is 3.55. The second kappa shape index (κ2) is 6.38. The molecule has 1 aromatic carbocycles. The first kappa shape index (κ1) is 15.2. The average molecular weight is 266 g/mol. The van der Waals surface area contributed by atoms with Gasteiger partial charge in [-0.2, -0.15) is 0 Å². The minimum absolute atomic E-state index is 0.0640. The van der Waals surface area contributed by atoms with Gasteiger partial charge < -0.3 is 16.4 Å². The zero-order valence-electron chi connectivity index (χ0n) is 11.8. The van der Waals surface area contributed by atoms with E-state index in [2.05, 4.69) is 18.7 Å². The van der Waals surface area contributed by atoms with E-state index in [0.717, 1.165) is 37.2 Å². The van der Waals surface area contributed by atoms with Crippen molar-refractivity contribution >= 4 is 17.1 Å². The zero-order chi connectivity index (χ0) is 14.6. The quantitative estimate of drug-likeness (QED) is 0.466. The van der Waals surface area contributed by atoms with Crippen LogP contribution in [-0.4, -0.2) is 29.5 Å². The highest BCUT2D eigenvalue weighted by molar-refractivity contribution is 5.78. The van der Waals surface area contributed by atoms with Gasteiger partial charge in [0, 0.05) is 12.6 Å². The van der Waals surface area contributed by atoms with Crippen molar-refractivity contribution < 1.29 is 4.92 Å². The lowest BCUT2D eigenvalue weighted by Gasteiger charge is -2.19. The van der Waals surface area contributed by atoms with Crippen LogP contribution in [0, 0.1) is 17.0 Å². The fraction of sp³-hybridized carbons (Fsp3) is 0.538. The number of hydrogen-bond acceptors (Lipinski definition) is 5. The van der Waals surface area contributed by atoms with Crippen LogP contribution in [0.1, 0.15) is 25.0 Å². The largest absolute Gasteiger partial charge is 0.397 e. The summed E-state index contributed by atoms with van der Waals surface area (Å²) in [6.07, 6.45) is 0.735. The Morgan fingerprint density at radius 2 is 1.84 bits per heavy atom. The molecule has 106 valence electrons. The van der Waals surface area contributed by atoms with E-state index in [1.165, 1.54) is 0 Å². The van der Waals surface area contributed by atoms with E-state index in [1.807, 2.05) is 6.92 Å². The van der Waals surface area contributed by atoms with Crippen LogP contribution in [0.15, 0.2) is 6.07 Å². The first-order valence-electron chi connectivity index (χ1n) is 6.46. The highest BCUT2D eigenvalue weighted by Gasteiger charge is 2.19. The molecule has 0 aliphatic rings. The molecule has 19 heavy (non-hydrogen) atoms. The van der Waals surface area contributed by atoms with E-state index < -0.39 is 4.92 Å². The van der Waals surface area contributed by atoms with Gasteiger partial charge in [-0.05, 0) is 37.6 Å². The number of nitro groups is 1. The zero-order valence-corrected chi connectivity index (χ0v) is 11.8. The fourth-order valence-electron chi connectivity index (χ4n) is 2.09. The molecule has 6 heteroatoms. The third-order valence-corrected chi connectivity index (χ3v) is 3.55. The topological polar surface area (TPSA) is 98.4 Å². The average Bonchev–Trinajstić information content (AvgIpc) is 2.39. The van der Waals surface area contributed by atoms with Crippen molar-refractivity contribution in [1.29, 1.82) is 0 Å². The molecule has 0 radical (unpaired) electrons. The summed E-state index contributed by atoms with van der Waals surface area (Å²) in [5.74, 6) is 0.